The molecule has 25 heavy (non-hydrogen) atoms. The van der Waals surface area contributed by atoms with Crippen LogP contribution in [-0.2, 0) is 10.3 Å². The van der Waals surface area contributed by atoms with Crippen LogP contribution >= 0.6 is 11.8 Å². The second-order valence-electron chi connectivity index (χ2n) is 6.25. The maximum atomic E-state index is 14.8. The monoisotopic (exact) mass is 362 g/mol. The SMILES string of the molecule is CC1OCC2(c3cc(-c4cncnc4)c(F)cc3F)N=C(N)SCC12. The Hall–Kier alpha value is -2.06. The van der Waals surface area contributed by atoms with Crippen LogP contribution in [0.3, 0.4) is 0 Å². The molecule has 0 spiro atoms. The third-order valence-electron chi connectivity index (χ3n) is 4.86. The maximum Gasteiger partial charge on any atom is 0.154 e. The highest BCUT2D eigenvalue weighted by Crippen LogP contribution is 2.48. The number of amidine groups is 1. The van der Waals surface area contributed by atoms with Crippen LogP contribution in [0.15, 0.2) is 35.8 Å². The van der Waals surface area contributed by atoms with Crippen molar-refractivity contribution in [2.75, 3.05) is 12.4 Å². The number of hydrogen-bond donors (Lipinski definition) is 1. The van der Waals surface area contributed by atoms with Gasteiger partial charge in [0.1, 0.15) is 23.5 Å². The molecule has 130 valence electrons. The van der Waals surface area contributed by atoms with E-state index in [1.54, 1.807) is 0 Å². The third kappa shape index (κ3) is 2.60. The number of nitrogens with two attached hydrogens (primary N) is 1. The normalized spacial score (nSPS) is 28.5. The van der Waals surface area contributed by atoms with E-state index in [-0.39, 0.29) is 24.2 Å². The van der Waals surface area contributed by atoms with E-state index in [1.807, 2.05) is 6.92 Å². The predicted octanol–water partition coefficient (Wildman–Crippen LogP) is 2.71. The number of benzene rings is 1. The summed E-state index contributed by atoms with van der Waals surface area (Å²) in [7, 11) is 0. The third-order valence-corrected chi connectivity index (χ3v) is 5.77. The Morgan fingerprint density at radius 2 is 2.00 bits per heavy atom. The molecule has 2 N–H and O–H groups in total. The van der Waals surface area contributed by atoms with Gasteiger partial charge >= 0.3 is 0 Å². The lowest BCUT2D eigenvalue weighted by atomic mass is 9.78. The Bertz CT molecular complexity index is 848. The molecule has 4 rings (SSSR count). The van der Waals surface area contributed by atoms with Gasteiger partial charge in [-0.1, -0.05) is 11.8 Å². The van der Waals surface area contributed by atoms with Crippen LogP contribution in [0.1, 0.15) is 12.5 Å². The topological polar surface area (TPSA) is 73.4 Å². The Kier molecular flexibility index (Phi) is 3.96. The largest absolute Gasteiger partial charge is 0.379 e. The molecule has 5 nitrogen and oxygen atoms in total. The molecule has 2 aliphatic rings. The van der Waals surface area contributed by atoms with Crippen LogP contribution in [0.5, 0.6) is 0 Å². The minimum atomic E-state index is -0.934. The summed E-state index contributed by atoms with van der Waals surface area (Å²) in [5.74, 6) is -0.677. The van der Waals surface area contributed by atoms with Crippen molar-refractivity contribution in [3.63, 3.8) is 0 Å². The highest BCUT2D eigenvalue weighted by atomic mass is 32.2. The molecular formula is C17H16F2N4OS. The smallest absolute Gasteiger partial charge is 0.154 e. The predicted molar refractivity (Wildman–Crippen MR) is 92.0 cm³/mol. The van der Waals surface area contributed by atoms with Gasteiger partial charge in [0.05, 0.1) is 12.7 Å². The molecule has 0 saturated carbocycles. The number of fused-ring (bicyclic) bond motifs is 1. The Morgan fingerprint density at radius 3 is 2.76 bits per heavy atom. The first-order chi connectivity index (χ1) is 12.0. The Labute approximate surface area is 147 Å². The van der Waals surface area contributed by atoms with Gasteiger partial charge in [-0.25, -0.2) is 23.7 Å². The van der Waals surface area contributed by atoms with Crippen molar-refractivity contribution in [3.8, 4) is 11.1 Å². The van der Waals surface area contributed by atoms with Gasteiger partial charge in [-0.05, 0) is 13.0 Å². The fourth-order valence-corrected chi connectivity index (χ4v) is 4.66. The molecule has 3 unspecified atom stereocenters. The van der Waals surface area contributed by atoms with Gasteiger partial charge in [0.25, 0.3) is 0 Å². The fraction of sp³-hybridized carbons (Fsp3) is 0.353. The number of rotatable bonds is 2. The average Bonchev–Trinajstić information content (AvgIpc) is 2.92. The first-order valence-electron chi connectivity index (χ1n) is 7.86. The summed E-state index contributed by atoms with van der Waals surface area (Å²) in [6.07, 6.45) is 4.25. The molecule has 2 aliphatic heterocycles. The van der Waals surface area contributed by atoms with Gasteiger partial charge in [-0.15, -0.1) is 0 Å². The number of aliphatic imine (C=N–C) groups is 1. The number of nitrogens with zero attached hydrogens (tertiary/aromatic N) is 3. The number of halogens is 2. The highest BCUT2D eigenvalue weighted by molar-refractivity contribution is 8.13. The molecule has 0 aliphatic carbocycles. The van der Waals surface area contributed by atoms with Crippen molar-refractivity contribution in [1.82, 2.24) is 9.97 Å². The molecule has 1 aromatic heterocycles. The van der Waals surface area contributed by atoms with E-state index in [9.17, 15) is 8.78 Å². The van der Waals surface area contributed by atoms with Crippen LogP contribution in [0.25, 0.3) is 11.1 Å². The average molecular weight is 362 g/mol. The number of thioether (sulfide) groups is 1. The van der Waals surface area contributed by atoms with Gasteiger partial charge in [0.15, 0.2) is 5.17 Å². The van der Waals surface area contributed by atoms with Crippen LogP contribution in [0, 0.1) is 17.6 Å². The lowest BCUT2D eigenvalue weighted by molar-refractivity contribution is 0.107. The van der Waals surface area contributed by atoms with Crippen molar-refractivity contribution < 1.29 is 13.5 Å². The lowest BCUT2D eigenvalue weighted by Gasteiger charge is -2.35. The fourth-order valence-electron chi connectivity index (χ4n) is 3.54. The molecule has 1 saturated heterocycles. The minimum Gasteiger partial charge on any atom is -0.379 e. The van der Waals surface area contributed by atoms with E-state index in [2.05, 4.69) is 15.0 Å². The molecule has 1 fully saturated rings. The van der Waals surface area contributed by atoms with Crippen molar-refractivity contribution in [3.05, 3.63) is 48.1 Å². The second kappa shape index (κ2) is 6.03. The van der Waals surface area contributed by atoms with Gasteiger partial charge in [-0.2, -0.15) is 0 Å². The van der Waals surface area contributed by atoms with Crippen molar-refractivity contribution in [2.45, 2.75) is 18.6 Å². The van der Waals surface area contributed by atoms with E-state index in [4.69, 9.17) is 10.5 Å². The van der Waals surface area contributed by atoms with Crippen LogP contribution in [-0.4, -0.2) is 33.6 Å². The summed E-state index contributed by atoms with van der Waals surface area (Å²) in [4.78, 5) is 12.4. The van der Waals surface area contributed by atoms with E-state index < -0.39 is 17.2 Å². The molecule has 0 amide bonds. The zero-order valence-electron chi connectivity index (χ0n) is 13.4. The van der Waals surface area contributed by atoms with Gasteiger partial charge in [0.2, 0.25) is 0 Å². The quantitative estimate of drug-likeness (QED) is 0.889. The zero-order valence-corrected chi connectivity index (χ0v) is 14.3. The van der Waals surface area contributed by atoms with Crippen molar-refractivity contribution in [1.29, 1.82) is 0 Å². The van der Waals surface area contributed by atoms with E-state index in [1.165, 1.54) is 36.5 Å². The molecule has 0 radical (unpaired) electrons. The molecule has 0 bridgehead atoms. The highest BCUT2D eigenvalue weighted by Gasteiger charge is 2.52. The first-order valence-corrected chi connectivity index (χ1v) is 8.84. The standard InChI is InChI=1S/C17H16F2N4OS/c1-9-13-6-25-16(20)23-17(13,7-24-9)12-2-11(14(18)3-15(12)19)10-4-21-8-22-5-10/h2-5,8-9,13H,6-7H2,1H3,(H2,20,23). The summed E-state index contributed by atoms with van der Waals surface area (Å²) in [5, 5.41) is 0.391. The second-order valence-corrected chi connectivity index (χ2v) is 7.29. The van der Waals surface area contributed by atoms with Gasteiger partial charge in [0, 0.05) is 46.8 Å². The summed E-state index contributed by atoms with van der Waals surface area (Å²) < 4.78 is 34.9. The lowest BCUT2D eigenvalue weighted by Crippen LogP contribution is -2.41. The van der Waals surface area contributed by atoms with E-state index in [0.717, 1.165) is 6.07 Å². The summed E-state index contributed by atoms with van der Waals surface area (Å²) >= 11 is 1.43. The molecule has 3 atom stereocenters. The number of aromatic nitrogens is 2. The molecule has 3 heterocycles. The molecule has 8 heteroatoms. The summed E-state index contributed by atoms with van der Waals surface area (Å²) in [6.45, 7) is 2.16. The van der Waals surface area contributed by atoms with E-state index in [0.29, 0.717) is 22.0 Å². The maximum absolute atomic E-state index is 14.8. The number of ether oxygens (including phenoxy) is 1. The Balaban J connectivity index is 1.92. The van der Waals surface area contributed by atoms with Crippen LogP contribution in [0.2, 0.25) is 0 Å². The van der Waals surface area contributed by atoms with E-state index >= 15 is 0 Å². The Morgan fingerprint density at radius 1 is 1.24 bits per heavy atom. The molecule has 2 aromatic rings. The minimum absolute atomic E-state index is 0.0374. The first kappa shape index (κ1) is 16.4. The van der Waals surface area contributed by atoms with Gasteiger partial charge < -0.3 is 10.5 Å². The van der Waals surface area contributed by atoms with Crippen molar-refractivity contribution >= 4 is 16.9 Å². The van der Waals surface area contributed by atoms with Crippen molar-refractivity contribution in [2.24, 2.45) is 16.6 Å². The molecule has 1 aromatic carbocycles. The number of hydrogen-bond acceptors (Lipinski definition) is 6. The summed E-state index contributed by atoms with van der Waals surface area (Å²) in [6, 6.07) is 2.38. The summed E-state index contributed by atoms with van der Waals surface area (Å²) in [5.41, 5.74) is 6.00. The molecular weight excluding hydrogens is 346 g/mol. The van der Waals surface area contributed by atoms with Crippen LogP contribution < -0.4 is 5.73 Å². The zero-order chi connectivity index (χ0) is 17.6. The van der Waals surface area contributed by atoms with Gasteiger partial charge in [-0.3, -0.25) is 0 Å². The van der Waals surface area contributed by atoms with Crippen LogP contribution in [0.4, 0.5) is 8.78 Å².